The summed E-state index contributed by atoms with van der Waals surface area (Å²) in [6.07, 6.45) is 3.84. The molecular formula is C12H14Br2ClNO2S. The maximum absolute atomic E-state index is 12.4. The van der Waals surface area contributed by atoms with E-state index in [1.807, 2.05) is 0 Å². The van der Waals surface area contributed by atoms with Crippen LogP contribution in [0.4, 0.5) is 0 Å². The second-order valence-corrected chi connectivity index (χ2v) is 8.31. The van der Waals surface area contributed by atoms with Crippen LogP contribution in [-0.4, -0.2) is 19.3 Å². The molecule has 0 radical (unpaired) electrons. The largest absolute Gasteiger partial charge is 0.241 e. The molecule has 2 rings (SSSR count). The summed E-state index contributed by atoms with van der Waals surface area (Å²) in [4.78, 5) is 0.232. The molecule has 0 saturated heterocycles. The lowest BCUT2D eigenvalue weighted by molar-refractivity contribution is 0.438. The lowest BCUT2D eigenvalue weighted by Gasteiger charge is -2.27. The highest BCUT2D eigenvalue weighted by molar-refractivity contribution is 9.10. The second-order valence-electron chi connectivity index (χ2n) is 4.80. The zero-order valence-electron chi connectivity index (χ0n) is 10.1. The molecule has 0 spiro atoms. The molecule has 1 aliphatic rings. The van der Waals surface area contributed by atoms with Gasteiger partial charge in [0, 0.05) is 15.3 Å². The fourth-order valence-corrected chi connectivity index (χ4v) is 5.32. The van der Waals surface area contributed by atoms with Gasteiger partial charge in [0.15, 0.2) is 0 Å². The van der Waals surface area contributed by atoms with Crippen LogP contribution in [0.1, 0.15) is 25.7 Å². The van der Waals surface area contributed by atoms with Gasteiger partial charge in [-0.25, -0.2) is 13.1 Å². The van der Waals surface area contributed by atoms with E-state index in [9.17, 15) is 8.42 Å². The number of benzene rings is 1. The average molecular weight is 432 g/mol. The van der Waals surface area contributed by atoms with Gasteiger partial charge >= 0.3 is 0 Å². The summed E-state index contributed by atoms with van der Waals surface area (Å²) in [5, 5.41) is 1.13. The van der Waals surface area contributed by atoms with E-state index in [4.69, 9.17) is 11.6 Å². The van der Waals surface area contributed by atoms with Gasteiger partial charge in [0.25, 0.3) is 0 Å². The summed E-state index contributed by atoms with van der Waals surface area (Å²) in [6, 6.07) is 4.63. The number of hydrogen-bond acceptors (Lipinski definition) is 2. The van der Waals surface area contributed by atoms with Gasteiger partial charge in [-0.1, -0.05) is 40.4 Å². The van der Waals surface area contributed by atoms with E-state index in [-0.39, 0.29) is 10.4 Å². The Morgan fingerprint density at radius 1 is 1.32 bits per heavy atom. The molecule has 0 unspecified atom stereocenters. The fraction of sp³-hybridized carbons (Fsp3) is 0.500. The number of alkyl halides is 1. The molecule has 106 valence electrons. The van der Waals surface area contributed by atoms with Crippen molar-refractivity contribution in [1.82, 2.24) is 4.72 Å². The summed E-state index contributed by atoms with van der Waals surface area (Å²) in [5.41, 5.74) is -0.356. The van der Waals surface area contributed by atoms with E-state index in [2.05, 4.69) is 36.6 Å². The minimum absolute atomic E-state index is 0.232. The summed E-state index contributed by atoms with van der Waals surface area (Å²) in [6.45, 7) is 0. The van der Waals surface area contributed by atoms with Crippen molar-refractivity contribution in [3.8, 4) is 0 Å². The van der Waals surface area contributed by atoms with Gasteiger partial charge in [-0.15, -0.1) is 0 Å². The third kappa shape index (κ3) is 3.53. The van der Waals surface area contributed by atoms with Crippen molar-refractivity contribution in [2.45, 2.75) is 36.1 Å². The Hall–Kier alpha value is 0.380. The molecule has 0 heterocycles. The van der Waals surface area contributed by atoms with Crippen LogP contribution >= 0.6 is 43.5 Å². The molecule has 0 bridgehead atoms. The number of hydrogen-bond donors (Lipinski definition) is 1. The van der Waals surface area contributed by atoms with E-state index in [1.165, 1.54) is 12.1 Å². The molecule has 0 atom stereocenters. The molecule has 3 nitrogen and oxygen atoms in total. The molecule has 1 aromatic rings. The molecule has 0 aliphatic heterocycles. The lowest BCUT2D eigenvalue weighted by Crippen LogP contribution is -2.47. The van der Waals surface area contributed by atoms with E-state index in [1.54, 1.807) is 6.07 Å². The fourth-order valence-electron chi connectivity index (χ4n) is 2.30. The Morgan fingerprint density at radius 3 is 2.47 bits per heavy atom. The van der Waals surface area contributed by atoms with Gasteiger partial charge in [0.2, 0.25) is 10.0 Å². The number of nitrogens with one attached hydrogen (secondary N) is 1. The standard InChI is InChI=1S/C12H14Br2ClNO2S/c13-8-12(5-1-2-6-12)16-19(17,18)9-3-4-11(15)10(14)7-9/h3-4,7,16H,1-2,5-6,8H2. The third-order valence-corrected chi connectivity index (χ3v) is 7.23. The predicted octanol–water partition coefficient (Wildman–Crippen LogP) is 4.09. The van der Waals surface area contributed by atoms with E-state index in [0.717, 1.165) is 25.7 Å². The quantitative estimate of drug-likeness (QED) is 0.730. The number of sulfonamides is 1. The lowest BCUT2D eigenvalue weighted by atomic mass is 10.0. The van der Waals surface area contributed by atoms with Crippen molar-refractivity contribution in [3.63, 3.8) is 0 Å². The van der Waals surface area contributed by atoms with Gasteiger partial charge in [-0.3, -0.25) is 0 Å². The smallest absolute Gasteiger partial charge is 0.207 e. The Bertz CT molecular complexity index is 571. The average Bonchev–Trinajstić information content (AvgIpc) is 2.81. The van der Waals surface area contributed by atoms with Crippen LogP contribution in [0.15, 0.2) is 27.6 Å². The molecule has 1 fully saturated rings. The first-order valence-electron chi connectivity index (χ1n) is 5.94. The van der Waals surface area contributed by atoms with Crippen LogP contribution in [0.25, 0.3) is 0 Å². The van der Waals surface area contributed by atoms with Crippen LogP contribution in [0.3, 0.4) is 0 Å². The van der Waals surface area contributed by atoms with E-state index in [0.29, 0.717) is 14.8 Å². The first-order valence-corrected chi connectivity index (χ1v) is 9.71. The van der Waals surface area contributed by atoms with Gasteiger partial charge in [0.1, 0.15) is 0 Å². The van der Waals surface area contributed by atoms with E-state index < -0.39 is 10.0 Å². The van der Waals surface area contributed by atoms with Crippen molar-refractivity contribution in [3.05, 3.63) is 27.7 Å². The SMILES string of the molecule is O=S(=O)(NC1(CBr)CCCC1)c1ccc(Cl)c(Br)c1. The van der Waals surface area contributed by atoms with Crippen LogP contribution in [0.2, 0.25) is 5.02 Å². The Balaban J connectivity index is 2.29. The van der Waals surface area contributed by atoms with Gasteiger partial charge < -0.3 is 0 Å². The first kappa shape index (κ1) is 15.8. The van der Waals surface area contributed by atoms with Crippen molar-refractivity contribution in [1.29, 1.82) is 0 Å². The summed E-state index contributed by atoms with van der Waals surface area (Å²) in [7, 11) is -3.52. The summed E-state index contributed by atoms with van der Waals surface area (Å²) >= 11 is 12.6. The second kappa shape index (κ2) is 6.02. The molecular weight excluding hydrogens is 417 g/mol. The van der Waals surface area contributed by atoms with Crippen LogP contribution in [-0.2, 0) is 10.0 Å². The van der Waals surface area contributed by atoms with Crippen molar-refractivity contribution in [2.75, 3.05) is 5.33 Å². The van der Waals surface area contributed by atoms with Crippen LogP contribution in [0.5, 0.6) is 0 Å². The van der Waals surface area contributed by atoms with E-state index >= 15 is 0 Å². The Morgan fingerprint density at radius 2 is 1.95 bits per heavy atom. The maximum Gasteiger partial charge on any atom is 0.241 e. The molecule has 1 N–H and O–H groups in total. The third-order valence-electron chi connectivity index (χ3n) is 3.37. The van der Waals surface area contributed by atoms with Crippen molar-refractivity contribution >= 4 is 53.5 Å². The zero-order chi connectivity index (χ0) is 14.1. The van der Waals surface area contributed by atoms with Crippen molar-refractivity contribution < 1.29 is 8.42 Å². The maximum atomic E-state index is 12.4. The molecule has 1 saturated carbocycles. The monoisotopic (exact) mass is 429 g/mol. The van der Waals surface area contributed by atoms with Crippen LogP contribution in [0, 0.1) is 0 Å². The highest BCUT2D eigenvalue weighted by Gasteiger charge is 2.37. The molecule has 7 heteroatoms. The Kier molecular flexibility index (Phi) is 4.99. The van der Waals surface area contributed by atoms with Gasteiger partial charge in [-0.05, 0) is 47.0 Å². The van der Waals surface area contributed by atoms with Crippen molar-refractivity contribution in [2.24, 2.45) is 0 Å². The molecule has 0 aromatic heterocycles. The topological polar surface area (TPSA) is 46.2 Å². The number of rotatable bonds is 4. The number of halogens is 3. The van der Waals surface area contributed by atoms with Gasteiger partial charge in [-0.2, -0.15) is 0 Å². The predicted molar refractivity (Wildman–Crippen MR) is 84.5 cm³/mol. The Labute approximate surface area is 135 Å². The summed E-state index contributed by atoms with van der Waals surface area (Å²) < 4.78 is 28.3. The molecule has 1 aromatic carbocycles. The molecule has 0 amide bonds. The highest BCUT2D eigenvalue weighted by atomic mass is 79.9. The molecule has 19 heavy (non-hydrogen) atoms. The highest BCUT2D eigenvalue weighted by Crippen LogP contribution is 2.33. The van der Waals surface area contributed by atoms with Gasteiger partial charge in [0.05, 0.1) is 9.92 Å². The summed E-state index contributed by atoms with van der Waals surface area (Å²) in [5.74, 6) is 0. The minimum Gasteiger partial charge on any atom is -0.207 e. The zero-order valence-corrected chi connectivity index (χ0v) is 14.9. The minimum atomic E-state index is -3.52. The normalized spacial score (nSPS) is 18.7. The molecule has 1 aliphatic carbocycles. The first-order chi connectivity index (χ1) is 8.88. The van der Waals surface area contributed by atoms with Crippen LogP contribution < -0.4 is 4.72 Å².